The highest BCUT2D eigenvalue weighted by atomic mass is 28.3. The number of carbonyl (C=O) groups is 1. The minimum Gasteiger partial charge on any atom is -0.298 e. The molecule has 1 fully saturated rings. The molecule has 0 N–H and O–H groups in total. The number of Topliss-reactive ketones (excluding diaryl/α,β-unsaturated/α-hetero) is 1. The first-order valence-corrected chi connectivity index (χ1v) is 14.1. The van der Waals surface area contributed by atoms with Crippen molar-refractivity contribution < 1.29 is 4.79 Å². The van der Waals surface area contributed by atoms with Crippen LogP contribution in [-0.4, -0.2) is 13.9 Å². The Kier molecular flexibility index (Phi) is 7.29. The molecule has 2 aromatic rings. The number of hydrogen-bond donors (Lipinski definition) is 0. The number of rotatable bonds is 9. The van der Waals surface area contributed by atoms with Crippen LogP contribution in [0.25, 0.3) is 0 Å². The van der Waals surface area contributed by atoms with Gasteiger partial charge in [0.15, 0.2) is 0 Å². The largest absolute Gasteiger partial charge is 0.298 e. The van der Waals surface area contributed by atoms with E-state index in [0.29, 0.717) is 5.78 Å². The van der Waals surface area contributed by atoms with Crippen molar-refractivity contribution in [3.63, 3.8) is 0 Å². The van der Waals surface area contributed by atoms with Crippen LogP contribution in [0.5, 0.6) is 0 Å². The fourth-order valence-electron chi connectivity index (χ4n) is 4.99. The lowest BCUT2D eigenvalue weighted by Crippen LogP contribution is -2.33. The van der Waals surface area contributed by atoms with Gasteiger partial charge in [0.05, 0.1) is 13.5 Å². The lowest BCUT2D eigenvalue weighted by molar-refractivity contribution is -0.126. The predicted octanol–water partition coefficient (Wildman–Crippen LogP) is 7.04. The Morgan fingerprint density at radius 3 is 2.00 bits per heavy atom. The van der Waals surface area contributed by atoms with E-state index in [0.717, 1.165) is 25.7 Å². The van der Waals surface area contributed by atoms with Crippen molar-refractivity contribution in [2.45, 2.75) is 64.6 Å². The normalized spacial score (nSPS) is 22.4. The molecular formula is C27H36OSi. The zero-order valence-corrected chi connectivity index (χ0v) is 19.4. The molecule has 2 aromatic carbocycles. The molecule has 1 nitrogen and oxygen atoms in total. The topological polar surface area (TPSA) is 17.1 Å². The summed E-state index contributed by atoms with van der Waals surface area (Å²) in [6.07, 6.45) is 6.09. The van der Waals surface area contributed by atoms with Gasteiger partial charge >= 0.3 is 0 Å². The van der Waals surface area contributed by atoms with Crippen LogP contribution in [0.15, 0.2) is 72.4 Å². The van der Waals surface area contributed by atoms with Gasteiger partial charge in [0.1, 0.15) is 5.78 Å². The van der Waals surface area contributed by atoms with E-state index < -0.39 is 8.07 Å². The minimum atomic E-state index is -1.41. The summed E-state index contributed by atoms with van der Waals surface area (Å²) in [7, 11) is -1.41. The van der Waals surface area contributed by atoms with Gasteiger partial charge in [0.25, 0.3) is 0 Å². The Morgan fingerprint density at radius 2 is 1.45 bits per heavy atom. The van der Waals surface area contributed by atoms with Crippen LogP contribution in [0.1, 0.15) is 44.7 Å². The quantitative estimate of drug-likeness (QED) is 0.410. The highest BCUT2D eigenvalue weighted by Gasteiger charge is 2.46. The first-order valence-electron chi connectivity index (χ1n) is 11.4. The summed E-state index contributed by atoms with van der Waals surface area (Å²) in [5.41, 5.74) is 4.78. The fourth-order valence-corrected chi connectivity index (χ4v) is 7.87. The lowest BCUT2D eigenvalue weighted by atomic mass is 9.78. The van der Waals surface area contributed by atoms with Crippen molar-refractivity contribution >= 4 is 13.9 Å². The highest BCUT2D eigenvalue weighted by Crippen LogP contribution is 2.44. The number of carbonyl (C=O) groups excluding carboxylic acids is 1. The van der Waals surface area contributed by atoms with Crippen LogP contribution in [0.4, 0.5) is 0 Å². The van der Waals surface area contributed by atoms with Crippen molar-refractivity contribution in [3.8, 4) is 0 Å². The van der Waals surface area contributed by atoms with E-state index in [1.54, 1.807) is 0 Å². The zero-order valence-electron chi connectivity index (χ0n) is 18.4. The van der Waals surface area contributed by atoms with Crippen LogP contribution in [-0.2, 0) is 17.6 Å². The van der Waals surface area contributed by atoms with Crippen molar-refractivity contribution in [1.82, 2.24) is 0 Å². The van der Waals surface area contributed by atoms with Gasteiger partial charge in [-0.1, -0.05) is 111 Å². The Bertz CT molecular complexity index is 799. The second-order valence-electron chi connectivity index (χ2n) is 8.86. The van der Waals surface area contributed by atoms with E-state index in [1.807, 2.05) is 6.07 Å². The molecule has 1 aliphatic rings. The van der Waals surface area contributed by atoms with Gasteiger partial charge in [-0.2, -0.15) is 0 Å². The van der Waals surface area contributed by atoms with Crippen LogP contribution in [0.2, 0.25) is 18.1 Å². The number of hydrogen-bond acceptors (Lipinski definition) is 1. The molecule has 0 radical (unpaired) electrons. The minimum absolute atomic E-state index is 0.145. The van der Waals surface area contributed by atoms with Gasteiger partial charge in [0, 0.05) is 5.92 Å². The summed E-state index contributed by atoms with van der Waals surface area (Å²) in [6, 6.07) is 24.9. The first kappa shape index (κ1) is 21.8. The fraction of sp³-hybridized carbons (Fsp3) is 0.444. The molecule has 0 aromatic heterocycles. The Labute approximate surface area is 178 Å². The molecule has 2 atom stereocenters. The van der Waals surface area contributed by atoms with E-state index in [2.05, 4.69) is 87.1 Å². The van der Waals surface area contributed by atoms with E-state index in [1.165, 1.54) is 29.3 Å². The molecule has 2 heteroatoms. The van der Waals surface area contributed by atoms with Crippen LogP contribution in [0, 0.1) is 11.3 Å². The van der Waals surface area contributed by atoms with E-state index in [4.69, 9.17) is 0 Å². The van der Waals surface area contributed by atoms with Gasteiger partial charge in [-0.25, -0.2) is 0 Å². The van der Waals surface area contributed by atoms with Gasteiger partial charge in [-0.05, 0) is 36.8 Å². The smallest absolute Gasteiger partial charge is 0.146 e. The average Bonchev–Trinajstić information content (AvgIpc) is 3.07. The van der Waals surface area contributed by atoms with Crippen LogP contribution >= 0.6 is 0 Å². The van der Waals surface area contributed by atoms with Gasteiger partial charge in [-0.3, -0.25) is 4.79 Å². The molecule has 3 rings (SSSR count). The zero-order chi connectivity index (χ0) is 20.7. The molecule has 0 spiro atoms. The van der Waals surface area contributed by atoms with E-state index in [-0.39, 0.29) is 11.3 Å². The summed E-state index contributed by atoms with van der Waals surface area (Å²) >= 11 is 0. The molecular weight excluding hydrogens is 368 g/mol. The Morgan fingerprint density at radius 1 is 0.897 bits per heavy atom. The summed E-state index contributed by atoms with van der Waals surface area (Å²) in [6.45, 7) is 7.01. The molecule has 1 aliphatic carbocycles. The monoisotopic (exact) mass is 404 g/mol. The van der Waals surface area contributed by atoms with E-state index in [9.17, 15) is 4.79 Å². The molecule has 0 amide bonds. The molecule has 0 unspecified atom stereocenters. The Balaban J connectivity index is 1.90. The molecule has 1 saturated carbocycles. The maximum absolute atomic E-state index is 13.8. The predicted molar refractivity (Wildman–Crippen MR) is 127 cm³/mol. The number of allylic oxidation sites excluding steroid dienone is 1. The first-order chi connectivity index (χ1) is 14.1. The molecule has 29 heavy (non-hydrogen) atoms. The summed E-state index contributed by atoms with van der Waals surface area (Å²) in [5, 5.41) is 0. The van der Waals surface area contributed by atoms with E-state index >= 15 is 0 Å². The summed E-state index contributed by atoms with van der Waals surface area (Å²) < 4.78 is 0. The van der Waals surface area contributed by atoms with Crippen LogP contribution < -0.4 is 0 Å². The highest BCUT2D eigenvalue weighted by molar-refractivity contribution is 6.84. The maximum Gasteiger partial charge on any atom is 0.146 e. The average molecular weight is 405 g/mol. The van der Waals surface area contributed by atoms with Crippen molar-refractivity contribution in [1.29, 1.82) is 0 Å². The van der Waals surface area contributed by atoms with Gasteiger partial charge in [-0.15, -0.1) is 0 Å². The van der Waals surface area contributed by atoms with Gasteiger partial charge < -0.3 is 0 Å². The third-order valence-corrected chi connectivity index (χ3v) is 12.5. The SMILES string of the molecule is CC[Si](/C=C/[C@]1(Cc2ccccc2)CC[C@@H](Cc2ccccc2)C1=O)(CC)CC. The van der Waals surface area contributed by atoms with Crippen molar-refractivity contribution in [2.24, 2.45) is 11.3 Å². The molecule has 0 saturated heterocycles. The molecule has 0 bridgehead atoms. The summed E-state index contributed by atoms with van der Waals surface area (Å²) in [5.74, 6) is 0.611. The van der Waals surface area contributed by atoms with Crippen LogP contribution in [0.3, 0.4) is 0 Å². The third-order valence-electron chi connectivity index (χ3n) is 7.36. The van der Waals surface area contributed by atoms with Crippen molar-refractivity contribution in [3.05, 3.63) is 83.6 Å². The number of ketones is 1. The molecule has 0 aliphatic heterocycles. The standard InChI is InChI=1S/C27H36OSi/c1-4-29(5-2,6-3)20-19-27(22-24-15-11-8-12-16-24)18-17-25(26(27)28)21-23-13-9-7-10-14-23/h7-16,19-20,25H,4-6,17-18,21-22H2,1-3H3/b20-19+/t25-,27-/m0/s1. The molecule has 0 heterocycles. The summed E-state index contributed by atoms with van der Waals surface area (Å²) in [4.78, 5) is 13.8. The van der Waals surface area contributed by atoms with Crippen molar-refractivity contribution in [2.75, 3.05) is 0 Å². The lowest BCUT2D eigenvalue weighted by Gasteiger charge is -2.29. The Hall–Kier alpha value is -1.93. The molecule has 154 valence electrons. The third kappa shape index (κ3) is 4.98. The van der Waals surface area contributed by atoms with Gasteiger partial charge in [0.2, 0.25) is 0 Å². The number of benzene rings is 2. The second kappa shape index (κ2) is 9.71. The maximum atomic E-state index is 13.8. The second-order valence-corrected chi connectivity index (χ2v) is 14.0.